The lowest BCUT2D eigenvalue weighted by molar-refractivity contribution is 0.292. The molecule has 1 saturated carbocycles. The first kappa shape index (κ1) is 14.0. The first-order chi connectivity index (χ1) is 8.56. The molecule has 2 atom stereocenters. The van der Waals surface area contributed by atoms with Gasteiger partial charge in [0.15, 0.2) is 0 Å². The highest BCUT2D eigenvalue weighted by Crippen LogP contribution is 2.37. The van der Waals surface area contributed by atoms with Crippen molar-refractivity contribution in [1.82, 2.24) is 5.32 Å². The molecule has 0 radical (unpaired) electrons. The molecule has 0 aromatic heterocycles. The molecule has 0 amide bonds. The molecule has 0 spiro atoms. The summed E-state index contributed by atoms with van der Waals surface area (Å²) in [6, 6.07) is 8.71. The van der Waals surface area contributed by atoms with Crippen molar-refractivity contribution in [1.29, 1.82) is 0 Å². The molecule has 0 bridgehead atoms. The summed E-state index contributed by atoms with van der Waals surface area (Å²) in [5, 5.41) is 4.54. The SMILES string of the molecule is CC(CNC1CC(c2cccc(Cl)c2)C1)S(C)=O. The number of halogens is 1. The van der Waals surface area contributed by atoms with Gasteiger partial charge in [0.05, 0.1) is 0 Å². The smallest absolute Gasteiger partial charge is 0.0441 e. The molecule has 1 fully saturated rings. The molecule has 2 rings (SSSR count). The van der Waals surface area contributed by atoms with Crippen LogP contribution in [0.5, 0.6) is 0 Å². The second-order valence-electron chi connectivity index (χ2n) is 5.14. The minimum atomic E-state index is -0.732. The van der Waals surface area contributed by atoms with Crippen molar-refractivity contribution in [3.05, 3.63) is 34.9 Å². The van der Waals surface area contributed by atoms with Gasteiger partial charge >= 0.3 is 0 Å². The largest absolute Gasteiger partial charge is 0.313 e. The van der Waals surface area contributed by atoms with Crippen molar-refractivity contribution in [2.75, 3.05) is 12.8 Å². The maximum atomic E-state index is 11.2. The van der Waals surface area contributed by atoms with Gasteiger partial charge in [0.2, 0.25) is 0 Å². The van der Waals surface area contributed by atoms with Gasteiger partial charge in [-0.15, -0.1) is 0 Å². The normalized spacial score (nSPS) is 26.4. The molecule has 4 heteroatoms. The number of hydrogen-bond donors (Lipinski definition) is 1. The number of nitrogens with one attached hydrogen (secondary N) is 1. The Kier molecular flexibility index (Phi) is 4.82. The van der Waals surface area contributed by atoms with Crippen LogP contribution in [0.4, 0.5) is 0 Å². The zero-order chi connectivity index (χ0) is 13.1. The van der Waals surface area contributed by atoms with E-state index in [9.17, 15) is 4.21 Å². The van der Waals surface area contributed by atoms with E-state index in [2.05, 4.69) is 17.4 Å². The summed E-state index contributed by atoms with van der Waals surface area (Å²) in [5.41, 5.74) is 1.34. The lowest BCUT2D eigenvalue weighted by atomic mass is 9.76. The van der Waals surface area contributed by atoms with Crippen molar-refractivity contribution < 1.29 is 4.21 Å². The van der Waals surface area contributed by atoms with Gasteiger partial charge < -0.3 is 5.32 Å². The van der Waals surface area contributed by atoms with E-state index in [1.807, 2.05) is 19.1 Å². The molecule has 0 aliphatic heterocycles. The topological polar surface area (TPSA) is 29.1 Å². The Balaban J connectivity index is 1.76. The van der Waals surface area contributed by atoms with E-state index in [0.29, 0.717) is 12.0 Å². The summed E-state index contributed by atoms with van der Waals surface area (Å²) in [6.07, 6.45) is 4.08. The van der Waals surface area contributed by atoms with E-state index in [1.54, 1.807) is 6.26 Å². The first-order valence-electron chi connectivity index (χ1n) is 6.37. The molecule has 0 saturated heterocycles. The zero-order valence-corrected chi connectivity index (χ0v) is 12.4. The summed E-state index contributed by atoms with van der Waals surface area (Å²) in [7, 11) is -0.732. The van der Waals surface area contributed by atoms with Crippen molar-refractivity contribution in [3.8, 4) is 0 Å². The number of hydrogen-bond acceptors (Lipinski definition) is 2. The molecular weight excluding hydrogens is 266 g/mol. The van der Waals surface area contributed by atoms with E-state index in [0.717, 1.165) is 24.4 Å². The quantitative estimate of drug-likeness (QED) is 0.901. The van der Waals surface area contributed by atoms with Gasteiger partial charge in [-0.1, -0.05) is 23.7 Å². The summed E-state index contributed by atoms with van der Waals surface area (Å²) in [5.74, 6) is 0.628. The molecule has 2 nitrogen and oxygen atoms in total. The summed E-state index contributed by atoms with van der Waals surface area (Å²) < 4.78 is 11.2. The van der Waals surface area contributed by atoms with Crippen LogP contribution in [0.1, 0.15) is 31.2 Å². The van der Waals surface area contributed by atoms with Crippen LogP contribution < -0.4 is 5.32 Å². The summed E-state index contributed by atoms with van der Waals surface area (Å²) in [6.45, 7) is 2.87. The maximum absolute atomic E-state index is 11.2. The average molecular weight is 286 g/mol. The van der Waals surface area contributed by atoms with Gasteiger partial charge in [0, 0.05) is 39.9 Å². The van der Waals surface area contributed by atoms with Crippen LogP contribution in [0, 0.1) is 0 Å². The second-order valence-corrected chi connectivity index (χ2v) is 7.38. The van der Waals surface area contributed by atoms with Gasteiger partial charge in [0.25, 0.3) is 0 Å². The fraction of sp³-hybridized carbons (Fsp3) is 0.571. The standard InChI is InChI=1S/C14H20ClNOS/c1-10(18(2)17)9-16-14-7-12(8-14)11-4-3-5-13(15)6-11/h3-6,10,12,14,16H,7-9H2,1-2H3. The van der Waals surface area contributed by atoms with Crippen LogP contribution >= 0.6 is 11.6 Å². The van der Waals surface area contributed by atoms with E-state index in [4.69, 9.17) is 11.6 Å². The molecule has 100 valence electrons. The third kappa shape index (κ3) is 3.56. The van der Waals surface area contributed by atoms with E-state index < -0.39 is 10.8 Å². The van der Waals surface area contributed by atoms with Crippen molar-refractivity contribution in [2.45, 2.75) is 37.0 Å². The Hall–Kier alpha value is -0.380. The monoisotopic (exact) mass is 285 g/mol. The Bertz CT molecular complexity index is 432. The zero-order valence-electron chi connectivity index (χ0n) is 10.9. The van der Waals surface area contributed by atoms with Crippen molar-refractivity contribution >= 4 is 22.4 Å². The van der Waals surface area contributed by atoms with Crippen LogP contribution in [-0.2, 0) is 10.8 Å². The highest BCUT2D eigenvalue weighted by molar-refractivity contribution is 7.84. The predicted molar refractivity (Wildman–Crippen MR) is 78.7 cm³/mol. The van der Waals surface area contributed by atoms with Gasteiger partial charge in [-0.3, -0.25) is 4.21 Å². The van der Waals surface area contributed by atoms with Gasteiger partial charge in [-0.05, 0) is 43.4 Å². The molecule has 2 unspecified atom stereocenters. The lowest BCUT2D eigenvalue weighted by Crippen LogP contribution is -2.43. The third-order valence-corrected chi connectivity index (χ3v) is 5.25. The van der Waals surface area contributed by atoms with Crippen LogP contribution in [0.2, 0.25) is 5.02 Å². The van der Waals surface area contributed by atoms with E-state index >= 15 is 0 Å². The third-order valence-electron chi connectivity index (χ3n) is 3.72. The highest BCUT2D eigenvalue weighted by atomic mass is 35.5. The molecule has 1 aromatic rings. The molecule has 18 heavy (non-hydrogen) atoms. The molecule has 1 aliphatic rings. The molecule has 1 N–H and O–H groups in total. The molecule has 1 aromatic carbocycles. The van der Waals surface area contributed by atoms with Crippen LogP contribution in [-0.4, -0.2) is 28.3 Å². The minimum absolute atomic E-state index is 0.232. The molecular formula is C14H20ClNOS. The van der Waals surface area contributed by atoms with Crippen LogP contribution in [0.3, 0.4) is 0 Å². The lowest BCUT2D eigenvalue weighted by Gasteiger charge is -2.37. The van der Waals surface area contributed by atoms with Crippen LogP contribution in [0.15, 0.2) is 24.3 Å². The fourth-order valence-corrected chi connectivity index (χ4v) is 2.80. The Morgan fingerprint density at radius 1 is 1.50 bits per heavy atom. The fourth-order valence-electron chi connectivity index (χ4n) is 2.27. The minimum Gasteiger partial charge on any atom is -0.313 e. The predicted octanol–water partition coefficient (Wildman–Crippen LogP) is 2.94. The van der Waals surface area contributed by atoms with E-state index in [1.165, 1.54) is 5.56 Å². The summed E-state index contributed by atoms with van der Waals surface area (Å²) >= 11 is 5.99. The number of benzene rings is 1. The average Bonchev–Trinajstić information content (AvgIpc) is 2.26. The maximum Gasteiger partial charge on any atom is 0.0441 e. The van der Waals surface area contributed by atoms with Gasteiger partial charge in [0.1, 0.15) is 0 Å². The van der Waals surface area contributed by atoms with Gasteiger partial charge in [-0.2, -0.15) is 0 Å². The van der Waals surface area contributed by atoms with E-state index in [-0.39, 0.29) is 5.25 Å². The first-order valence-corrected chi connectivity index (χ1v) is 8.37. The second kappa shape index (κ2) is 6.18. The Morgan fingerprint density at radius 3 is 2.83 bits per heavy atom. The van der Waals surface area contributed by atoms with Gasteiger partial charge in [-0.25, -0.2) is 0 Å². The number of rotatable bonds is 5. The Morgan fingerprint density at radius 2 is 2.22 bits per heavy atom. The van der Waals surface area contributed by atoms with Crippen LogP contribution in [0.25, 0.3) is 0 Å². The molecule has 1 aliphatic carbocycles. The Labute approximate surface area is 117 Å². The van der Waals surface area contributed by atoms with Crippen molar-refractivity contribution in [3.63, 3.8) is 0 Å². The molecule has 0 heterocycles. The highest BCUT2D eigenvalue weighted by Gasteiger charge is 2.30. The van der Waals surface area contributed by atoms with Crippen molar-refractivity contribution in [2.24, 2.45) is 0 Å². The summed E-state index contributed by atoms with van der Waals surface area (Å²) in [4.78, 5) is 0.